The van der Waals surface area contributed by atoms with Crippen molar-refractivity contribution in [3.05, 3.63) is 23.8 Å². The Kier molecular flexibility index (Phi) is 5.82. The first kappa shape index (κ1) is 16.3. The summed E-state index contributed by atoms with van der Waals surface area (Å²) in [7, 11) is 1.53. The number of ether oxygens (including phenoxy) is 2. The Labute approximate surface area is 119 Å². The summed E-state index contributed by atoms with van der Waals surface area (Å²) in [5, 5.41) is 12.2. The summed E-state index contributed by atoms with van der Waals surface area (Å²) in [6, 6.07) is 5.02. The van der Waals surface area contributed by atoms with Crippen molar-refractivity contribution in [3.8, 4) is 11.5 Å². The standard InChI is InChI=1S/C15H23NO4/c1-5-15(3,10-17)16-14(18)11-7-8-12(20-6-2)13(9-11)19-4/h7-9,17H,5-6,10H2,1-4H3,(H,16,18). The maximum Gasteiger partial charge on any atom is 0.251 e. The Hall–Kier alpha value is -1.75. The van der Waals surface area contributed by atoms with E-state index >= 15 is 0 Å². The zero-order valence-corrected chi connectivity index (χ0v) is 12.5. The minimum absolute atomic E-state index is 0.108. The summed E-state index contributed by atoms with van der Waals surface area (Å²) < 4.78 is 10.6. The van der Waals surface area contributed by atoms with E-state index in [0.29, 0.717) is 30.1 Å². The summed E-state index contributed by atoms with van der Waals surface area (Å²) >= 11 is 0. The Balaban J connectivity index is 2.94. The molecule has 0 heterocycles. The van der Waals surface area contributed by atoms with Crippen LogP contribution in [0.4, 0.5) is 0 Å². The summed E-state index contributed by atoms with van der Waals surface area (Å²) in [6.07, 6.45) is 0.642. The van der Waals surface area contributed by atoms with Crippen molar-refractivity contribution in [2.24, 2.45) is 0 Å². The maximum absolute atomic E-state index is 12.2. The van der Waals surface area contributed by atoms with Crippen LogP contribution in [0.3, 0.4) is 0 Å². The Morgan fingerprint density at radius 1 is 1.35 bits per heavy atom. The topological polar surface area (TPSA) is 67.8 Å². The van der Waals surface area contributed by atoms with Gasteiger partial charge in [-0.25, -0.2) is 0 Å². The molecule has 1 aromatic rings. The molecule has 112 valence electrons. The SMILES string of the molecule is CCOc1ccc(C(=O)NC(C)(CC)CO)cc1OC. The van der Waals surface area contributed by atoms with E-state index in [1.54, 1.807) is 25.1 Å². The number of carbonyl (C=O) groups excluding carboxylic acids is 1. The fourth-order valence-corrected chi connectivity index (χ4v) is 1.67. The van der Waals surface area contributed by atoms with E-state index in [1.807, 2.05) is 13.8 Å². The summed E-state index contributed by atoms with van der Waals surface area (Å²) in [5.74, 6) is 0.874. The first-order valence-corrected chi connectivity index (χ1v) is 6.73. The molecule has 0 spiro atoms. The molecule has 0 aliphatic heterocycles. The first-order chi connectivity index (χ1) is 9.49. The van der Waals surface area contributed by atoms with Gasteiger partial charge in [0.05, 0.1) is 25.9 Å². The lowest BCUT2D eigenvalue weighted by Crippen LogP contribution is -2.48. The molecule has 0 aliphatic carbocycles. The molecule has 0 saturated heterocycles. The fraction of sp³-hybridized carbons (Fsp3) is 0.533. The van der Waals surface area contributed by atoms with Crippen molar-refractivity contribution in [2.75, 3.05) is 20.3 Å². The van der Waals surface area contributed by atoms with Crippen LogP contribution in [0.5, 0.6) is 11.5 Å². The number of amides is 1. The van der Waals surface area contributed by atoms with E-state index in [9.17, 15) is 9.90 Å². The van der Waals surface area contributed by atoms with E-state index in [4.69, 9.17) is 9.47 Å². The first-order valence-electron chi connectivity index (χ1n) is 6.73. The zero-order chi connectivity index (χ0) is 15.2. The van der Waals surface area contributed by atoms with Gasteiger partial charge in [-0.15, -0.1) is 0 Å². The lowest BCUT2D eigenvalue weighted by Gasteiger charge is -2.27. The van der Waals surface area contributed by atoms with Crippen LogP contribution in [0.2, 0.25) is 0 Å². The van der Waals surface area contributed by atoms with Crippen molar-refractivity contribution in [1.82, 2.24) is 5.32 Å². The highest BCUT2D eigenvalue weighted by atomic mass is 16.5. The van der Waals surface area contributed by atoms with Crippen LogP contribution in [0.25, 0.3) is 0 Å². The van der Waals surface area contributed by atoms with Gasteiger partial charge in [-0.1, -0.05) is 6.92 Å². The predicted molar refractivity (Wildman–Crippen MR) is 77.4 cm³/mol. The van der Waals surface area contributed by atoms with Gasteiger partial charge >= 0.3 is 0 Å². The molecule has 1 aromatic carbocycles. The van der Waals surface area contributed by atoms with Crippen LogP contribution in [-0.2, 0) is 0 Å². The minimum atomic E-state index is -0.622. The van der Waals surface area contributed by atoms with E-state index in [0.717, 1.165) is 0 Å². The van der Waals surface area contributed by atoms with Gasteiger partial charge in [0.2, 0.25) is 0 Å². The highest BCUT2D eigenvalue weighted by Crippen LogP contribution is 2.28. The van der Waals surface area contributed by atoms with Gasteiger partial charge in [0.15, 0.2) is 11.5 Å². The largest absolute Gasteiger partial charge is 0.493 e. The summed E-state index contributed by atoms with van der Waals surface area (Å²) in [4.78, 5) is 12.2. The number of hydrogen-bond donors (Lipinski definition) is 2. The van der Waals surface area contributed by atoms with Gasteiger partial charge in [0, 0.05) is 5.56 Å². The van der Waals surface area contributed by atoms with Crippen molar-refractivity contribution >= 4 is 5.91 Å². The highest BCUT2D eigenvalue weighted by Gasteiger charge is 2.24. The molecular weight excluding hydrogens is 258 g/mol. The molecule has 1 atom stereocenters. The van der Waals surface area contributed by atoms with Gasteiger partial charge in [0.25, 0.3) is 5.91 Å². The maximum atomic E-state index is 12.2. The predicted octanol–water partition coefficient (Wildman–Crippen LogP) is 1.98. The number of methoxy groups -OCH3 is 1. The quantitative estimate of drug-likeness (QED) is 0.802. The number of nitrogens with one attached hydrogen (secondary N) is 1. The number of carbonyl (C=O) groups is 1. The number of benzene rings is 1. The van der Waals surface area contributed by atoms with Gasteiger partial charge in [0.1, 0.15) is 0 Å². The van der Waals surface area contributed by atoms with Crippen molar-refractivity contribution < 1.29 is 19.4 Å². The minimum Gasteiger partial charge on any atom is -0.493 e. The third-order valence-electron chi connectivity index (χ3n) is 3.27. The molecule has 0 radical (unpaired) electrons. The van der Waals surface area contributed by atoms with Crippen LogP contribution in [0.15, 0.2) is 18.2 Å². The van der Waals surface area contributed by atoms with Gasteiger partial charge < -0.3 is 19.9 Å². The second kappa shape index (κ2) is 7.14. The van der Waals surface area contributed by atoms with Gasteiger partial charge in [-0.2, -0.15) is 0 Å². The molecule has 0 aliphatic rings. The van der Waals surface area contributed by atoms with Crippen molar-refractivity contribution in [2.45, 2.75) is 32.7 Å². The van der Waals surface area contributed by atoms with Crippen LogP contribution >= 0.6 is 0 Å². The van der Waals surface area contributed by atoms with Crippen LogP contribution in [0, 0.1) is 0 Å². The van der Waals surface area contributed by atoms with Crippen LogP contribution < -0.4 is 14.8 Å². The summed E-state index contributed by atoms with van der Waals surface area (Å²) in [5.41, 5.74) is -0.151. The van der Waals surface area contributed by atoms with Crippen molar-refractivity contribution in [1.29, 1.82) is 0 Å². The number of rotatable bonds is 7. The molecular formula is C15H23NO4. The van der Waals surface area contributed by atoms with Crippen LogP contribution in [-0.4, -0.2) is 36.9 Å². The molecule has 0 bridgehead atoms. The van der Waals surface area contributed by atoms with E-state index < -0.39 is 5.54 Å². The van der Waals surface area contributed by atoms with E-state index in [2.05, 4.69) is 5.32 Å². The Morgan fingerprint density at radius 2 is 2.05 bits per heavy atom. The third kappa shape index (κ3) is 3.87. The van der Waals surface area contributed by atoms with Crippen molar-refractivity contribution in [3.63, 3.8) is 0 Å². The molecule has 2 N–H and O–H groups in total. The number of hydrogen-bond acceptors (Lipinski definition) is 4. The second-order valence-corrected chi connectivity index (χ2v) is 4.83. The average molecular weight is 281 g/mol. The molecule has 1 amide bonds. The number of aliphatic hydroxyl groups excluding tert-OH is 1. The lowest BCUT2D eigenvalue weighted by molar-refractivity contribution is 0.0847. The smallest absolute Gasteiger partial charge is 0.251 e. The molecule has 5 heteroatoms. The molecule has 0 saturated carbocycles. The van der Waals surface area contributed by atoms with Gasteiger partial charge in [-0.3, -0.25) is 4.79 Å². The van der Waals surface area contributed by atoms with E-state index in [1.165, 1.54) is 7.11 Å². The molecule has 20 heavy (non-hydrogen) atoms. The molecule has 5 nitrogen and oxygen atoms in total. The highest BCUT2D eigenvalue weighted by molar-refractivity contribution is 5.95. The summed E-state index contributed by atoms with van der Waals surface area (Å²) in [6.45, 7) is 6.02. The molecule has 0 aromatic heterocycles. The Morgan fingerprint density at radius 3 is 2.55 bits per heavy atom. The Bertz CT molecular complexity index is 455. The molecule has 0 fully saturated rings. The second-order valence-electron chi connectivity index (χ2n) is 4.83. The lowest BCUT2D eigenvalue weighted by atomic mass is 9.99. The normalized spacial score (nSPS) is 13.4. The third-order valence-corrected chi connectivity index (χ3v) is 3.27. The zero-order valence-electron chi connectivity index (χ0n) is 12.5. The monoisotopic (exact) mass is 281 g/mol. The molecule has 1 rings (SSSR count). The molecule has 1 unspecified atom stereocenters. The van der Waals surface area contributed by atoms with E-state index in [-0.39, 0.29) is 12.5 Å². The van der Waals surface area contributed by atoms with Crippen LogP contribution in [0.1, 0.15) is 37.6 Å². The average Bonchev–Trinajstić information content (AvgIpc) is 2.47. The fourth-order valence-electron chi connectivity index (χ4n) is 1.67. The van der Waals surface area contributed by atoms with Gasteiger partial charge in [-0.05, 0) is 38.5 Å². The number of aliphatic hydroxyl groups is 1.